The standard InChI is InChI=1S/C13H7F3N4O3.C8H10N2O/c14-13(15,16)23-8-3-1-2-7(6-8)11-18-17-10-5-4-9(12(21)22)19-20(10)11;1-6-3-2-4-7(5-6)8(11)10-9/h1-6H,(H,21,22);2-5H,9H2,1H3,(H,10,11). The molecule has 0 saturated carbocycles. The number of carboxylic acid groups (broad SMARTS) is 1. The molecule has 1 amide bonds. The van der Waals surface area contributed by atoms with Crippen molar-refractivity contribution < 1.29 is 32.6 Å². The molecule has 0 spiro atoms. The highest BCUT2D eigenvalue weighted by Gasteiger charge is 2.31. The van der Waals surface area contributed by atoms with Crippen LogP contribution in [0.2, 0.25) is 0 Å². The third-order valence-corrected chi connectivity index (χ3v) is 4.22. The average molecular weight is 474 g/mol. The molecule has 4 N–H and O–H groups in total. The zero-order valence-corrected chi connectivity index (χ0v) is 17.4. The van der Waals surface area contributed by atoms with Gasteiger partial charge in [-0.1, -0.05) is 29.8 Å². The molecule has 0 radical (unpaired) electrons. The molecule has 4 rings (SSSR count). The van der Waals surface area contributed by atoms with Gasteiger partial charge in [0.1, 0.15) is 5.75 Å². The van der Waals surface area contributed by atoms with Gasteiger partial charge >= 0.3 is 12.3 Å². The van der Waals surface area contributed by atoms with Crippen LogP contribution in [-0.2, 0) is 0 Å². The van der Waals surface area contributed by atoms with Crippen molar-refractivity contribution in [2.75, 3.05) is 0 Å². The number of ether oxygens (including phenoxy) is 1. The van der Waals surface area contributed by atoms with Gasteiger partial charge in [-0.2, -0.15) is 9.61 Å². The Balaban J connectivity index is 0.000000248. The molecular formula is C21H17F3N6O4. The van der Waals surface area contributed by atoms with Gasteiger partial charge in [0.05, 0.1) is 0 Å². The van der Waals surface area contributed by atoms with Crippen LogP contribution < -0.4 is 16.0 Å². The number of carboxylic acids is 1. The molecule has 0 aliphatic rings. The number of nitrogen functional groups attached to an aromatic ring is 1. The number of benzene rings is 2. The summed E-state index contributed by atoms with van der Waals surface area (Å²) in [5, 5.41) is 20.4. The monoisotopic (exact) mass is 474 g/mol. The fourth-order valence-electron chi connectivity index (χ4n) is 2.78. The molecule has 0 bridgehead atoms. The van der Waals surface area contributed by atoms with E-state index in [0.29, 0.717) is 5.56 Å². The van der Waals surface area contributed by atoms with E-state index in [9.17, 15) is 22.8 Å². The van der Waals surface area contributed by atoms with Gasteiger partial charge in [0, 0.05) is 11.1 Å². The molecule has 2 aromatic carbocycles. The molecule has 13 heteroatoms. The predicted molar refractivity (Wildman–Crippen MR) is 113 cm³/mol. The smallest absolute Gasteiger partial charge is 0.476 e. The third kappa shape index (κ3) is 6.04. The van der Waals surface area contributed by atoms with E-state index in [-0.39, 0.29) is 28.6 Å². The molecule has 4 aromatic rings. The van der Waals surface area contributed by atoms with Gasteiger partial charge in [-0.3, -0.25) is 10.2 Å². The minimum Gasteiger partial charge on any atom is -0.476 e. The Hall–Kier alpha value is -4.52. The summed E-state index contributed by atoms with van der Waals surface area (Å²) in [6.45, 7) is 1.92. The summed E-state index contributed by atoms with van der Waals surface area (Å²) in [6, 6.07) is 15.0. The molecule has 10 nitrogen and oxygen atoms in total. The fraction of sp³-hybridized carbons (Fsp3) is 0.0952. The summed E-state index contributed by atoms with van der Waals surface area (Å²) in [5.41, 5.74) is 3.96. The zero-order valence-electron chi connectivity index (χ0n) is 17.4. The van der Waals surface area contributed by atoms with E-state index in [0.717, 1.165) is 22.2 Å². The molecule has 0 aliphatic carbocycles. The SMILES string of the molecule is Cc1cccc(C(=O)NN)c1.O=C(O)c1ccc2nnc(-c3cccc(OC(F)(F)F)c3)n2n1. The number of fused-ring (bicyclic) bond motifs is 1. The van der Waals surface area contributed by atoms with Gasteiger partial charge in [-0.15, -0.1) is 23.4 Å². The lowest BCUT2D eigenvalue weighted by Crippen LogP contribution is -2.29. The van der Waals surface area contributed by atoms with Gasteiger partial charge in [0.15, 0.2) is 17.2 Å². The molecule has 0 atom stereocenters. The maximum atomic E-state index is 12.3. The summed E-state index contributed by atoms with van der Waals surface area (Å²) < 4.78 is 41.8. The Morgan fingerprint density at radius 1 is 1.06 bits per heavy atom. The van der Waals surface area contributed by atoms with Crippen LogP contribution in [-0.4, -0.2) is 43.2 Å². The largest absolute Gasteiger partial charge is 0.573 e. The lowest BCUT2D eigenvalue weighted by molar-refractivity contribution is -0.274. The third-order valence-electron chi connectivity index (χ3n) is 4.22. The summed E-state index contributed by atoms with van der Waals surface area (Å²) in [7, 11) is 0. The van der Waals surface area contributed by atoms with E-state index in [2.05, 4.69) is 25.5 Å². The predicted octanol–water partition coefficient (Wildman–Crippen LogP) is 2.99. The van der Waals surface area contributed by atoms with Crippen molar-refractivity contribution in [1.82, 2.24) is 25.2 Å². The summed E-state index contributed by atoms with van der Waals surface area (Å²) in [6.07, 6.45) is -4.82. The van der Waals surface area contributed by atoms with E-state index in [1.54, 1.807) is 12.1 Å². The number of amides is 1. The highest BCUT2D eigenvalue weighted by molar-refractivity contribution is 5.93. The van der Waals surface area contributed by atoms with E-state index >= 15 is 0 Å². The Labute approximate surface area is 189 Å². The van der Waals surface area contributed by atoms with Crippen LogP contribution in [0.4, 0.5) is 13.2 Å². The number of rotatable bonds is 4. The second-order valence-corrected chi connectivity index (χ2v) is 6.74. The van der Waals surface area contributed by atoms with Crippen molar-refractivity contribution >= 4 is 17.5 Å². The zero-order chi connectivity index (χ0) is 24.9. The van der Waals surface area contributed by atoms with Crippen molar-refractivity contribution in [2.24, 2.45) is 5.84 Å². The molecule has 2 heterocycles. The van der Waals surface area contributed by atoms with E-state index in [1.165, 1.54) is 24.3 Å². The number of hydrazine groups is 1. The minimum absolute atomic E-state index is 0.0933. The fourth-order valence-corrected chi connectivity index (χ4v) is 2.78. The van der Waals surface area contributed by atoms with Crippen molar-refractivity contribution in [1.29, 1.82) is 0 Å². The van der Waals surface area contributed by atoms with Crippen LogP contribution in [0.25, 0.3) is 17.0 Å². The molecule has 0 fully saturated rings. The number of nitrogens with zero attached hydrogens (tertiary/aromatic N) is 4. The number of aromatic nitrogens is 4. The first-order chi connectivity index (χ1) is 16.1. The average Bonchev–Trinajstić information content (AvgIpc) is 3.21. The van der Waals surface area contributed by atoms with Crippen molar-refractivity contribution in [3.63, 3.8) is 0 Å². The van der Waals surface area contributed by atoms with Crippen LogP contribution in [0.5, 0.6) is 5.75 Å². The molecule has 2 aromatic heterocycles. The first kappa shape index (κ1) is 24.1. The number of hydrogen-bond acceptors (Lipinski definition) is 7. The van der Waals surface area contributed by atoms with E-state index in [4.69, 9.17) is 10.9 Å². The number of aryl methyl sites for hydroxylation is 1. The summed E-state index contributed by atoms with van der Waals surface area (Å²) in [4.78, 5) is 21.9. The quantitative estimate of drug-likeness (QED) is 0.233. The second-order valence-electron chi connectivity index (χ2n) is 6.74. The van der Waals surface area contributed by atoms with Gasteiger partial charge in [-0.25, -0.2) is 10.6 Å². The molecule has 0 unspecified atom stereocenters. The number of nitrogens with two attached hydrogens (primary N) is 1. The highest BCUT2D eigenvalue weighted by atomic mass is 19.4. The van der Waals surface area contributed by atoms with Gasteiger partial charge in [-0.05, 0) is 43.3 Å². The van der Waals surface area contributed by atoms with E-state index in [1.807, 2.05) is 19.1 Å². The number of carbonyl (C=O) groups excluding carboxylic acids is 1. The minimum atomic E-state index is -4.82. The Morgan fingerprint density at radius 2 is 1.79 bits per heavy atom. The number of nitrogens with one attached hydrogen (secondary N) is 1. The lowest BCUT2D eigenvalue weighted by atomic mass is 10.1. The molecule has 0 saturated heterocycles. The lowest BCUT2D eigenvalue weighted by Gasteiger charge is -2.09. The van der Waals surface area contributed by atoms with Crippen molar-refractivity contribution in [3.8, 4) is 17.1 Å². The number of alkyl halides is 3. The summed E-state index contributed by atoms with van der Waals surface area (Å²) in [5.74, 6) is 3.11. The Bertz CT molecular complexity index is 1340. The maximum absolute atomic E-state index is 12.3. The number of aromatic carboxylic acids is 1. The summed E-state index contributed by atoms with van der Waals surface area (Å²) >= 11 is 0. The molecule has 176 valence electrons. The van der Waals surface area contributed by atoms with E-state index < -0.39 is 18.1 Å². The number of carbonyl (C=O) groups is 2. The van der Waals surface area contributed by atoms with Crippen LogP contribution in [0.3, 0.4) is 0 Å². The molecular weight excluding hydrogens is 457 g/mol. The van der Waals surface area contributed by atoms with Crippen LogP contribution >= 0.6 is 0 Å². The molecule has 34 heavy (non-hydrogen) atoms. The van der Waals surface area contributed by atoms with Crippen LogP contribution in [0.15, 0.2) is 60.7 Å². The number of halogens is 3. The Morgan fingerprint density at radius 3 is 2.44 bits per heavy atom. The number of hydrogen-bond donors (Lipinski definition) is 3. The van der Waals surface area contributed by atoms with Crippen molar-refractivity contribution in [3.05, 3.63) is 77.5 Å². The first-order valence-electron chi connectivity index (χ1n) is 9.47. The van der Waals surface area contributed by atoms with Gasteiger partial charge in [0.2, 0.25) is 0 Å². The Kier molecular flexibility index (Phi) is 7.06. The molecule has 0 aliphatic heterocycles. The normalized spacial score (nSPS) is 10.9. The van der Waals surface area contributed by atoms with Gasteiger partial charge < -0.3 is 9.84 Å². The van der Waals surface area contributed by atoms with Crippen LogP contribution in [0.1, 0.15) is 26.4 Å². The first-order valence-corrected chi connectivity index (χ1v) is 9.47. The van der Waals surface area contributed by atoms with Crippen LogP contribution in [0, 0.1) is 6.92 Å². The van der Waals surface area contributed by atoms with Gasteiger partial charge in [0.25, 0.3) is 5.91 Å². The van der Waals surface area contributed by atoms with Crippen molar-refractivity contribution in [2.45, 2.75) is 13.3 Å². The topological polar surface area (TPSA) is 145 Å². The highest BCUT2D eigenvalue weighted by Crippen LogP contribution is 2.27. The second kappa shape index (κ2) is 9.95. The maximum Gasteiger partial charge on any atom is 0.573 e.